The molecule has 1 aromatic rings. The number of piperidine rings is 1. The maximum Gasteiger partial charge on any atom is 0.325 e. The number of carboxylic acid groups (broad SMARTS) is 1. The topological polar surface area (TPSA) is 101 Å². The van der Waals surface area contributed by atoms with Gasteiger partial charge < -0.3 is 15.8 Å². The summed E-state index contributed by atoms with van der Waals surface area (Å²) in [6.45, 7) is 1.64. The van der Waals surface area contributed by atoms with Crippen LogP contribution in [0.5, 0.6) is 0 Å². The molecule has 1 aliphatic rings. The van der Waals surface area contributed by atoms with Crippen molar-refractivity contribution in [2.24, 2.45) is 4.99 Å². The van der Waals surface area contributed by atoms with Crippen LogP contribution in [0.3, 0.4) is 0 Å². The fourth-order valence-electron chi connectivity index (χ4n) is 2.25. The lowest BCUT2D eigenvalue weighted by Gasteiger charge is -2.28. The number of hydrogen-bond acceptors (Lipinski definition) is 5. The van der Waals surface area contributed by atoms with Crippen molar-refractivity contribution in [2.75, 3.05) is 30.4 Å². The number of nitrogens with one attached hydrogen (secondary N) is 2. The van der Waals surface area contributed by atoms with Crippen LogP contribution in [0.15, 0.2) is 23.2 Å². The molecular weight excluding hydrogens is 282 g/mol. The number of hydrogen-bond donors (Lipinski definition) is 3. The summed E-state index contributed by atoms with van der Waals surface area (Å²) < 4.78 is 0. The summed E-state index contributed by atoms with van der Waals surface area (Å²) in [6.07, 6.45) is 4.89. The molecule has 22 heavy (non-hydrogen) atoms. The second kappa shape index (κ2) is 8.00. The van der Waals surface area contributed by atoms with Crippen LogP contribution in [0.25, 0.3) is 0 Å². The van der Waals surface area contributed by atoms with E-state index in [2.05, 4.69) is 26.8 Å². The molecule has 3 N–H and O–H groups in total. The molecule has 1 aromatic carbocycles. The van der Waals surface area contributed by atoms with E-state index < -0.39 is 5.97 Å². The third-order valence-electron chi connectivity index (χ3n) is 3.32. The molecule has 1 saturated heterocycles. The molecule has 0 unspecified atom stereocenters. The third kappa shape index (κ3) is 4.75. The van der Waals surface area contributed by atoms with Gasteiger partial charge in [-0.1, -0.05) is 6.42 Å². The van der Waals surface area contributed by atoms with E-state index in [-0.39, 0.29) is 6.54 Å². The van der Waals surface area contributed by atoms with Crippen LogP contribution in [0.2, 0.25) is 0 Å². The highest BCUT2D eigenvalue weighted by molar-refractivity contribution is 5.84. The number of anilines is 2. The van der Waals surface area contributed by atoms with Gasteiger partial charge in [0.05, 0.1) is 29.3 Å². The average Bonchev–Trinajstić information content (AvgIpc) is 2.53. The van der Waals surface area contributed by atoms with E-state index >= 15 is 0 Å². The summed E-state index contributed by atoms with van der Waals surface area (Å²) in [7, 11) is 0. The normalized spacial score (nSPS) is 15.4. The van der Waals surface area contributed by atoms with E-state index in [4.69, 9.17) is 10.4 Å². The molecule has 0 amide bonds. The number of nitrogens with zero attached hydrogens (tertiary/aromatic N) is 3. The Hall–Kier alpha value is -2.59. The smallest absolute Gasteiger partial charge is 0.325 e. The molecule has 0 bridgehead atoms. The molecule has 7 heteroatoms. The molecule has 2 rings (SSSR count). The Morgan fingerprint density at radius 2 is 2.14 bits per heavy atom. The van der Waals surface area contributed by atoms with Crippen molar-refractivity contribution in [1.29, 1.82) is 5.26 Å². The summed E-state index contributed by atoms with van der Waals surface area (Å²) in [4.78, 5) is 14.2. The highest BCUT2D eigenvalue weighted by Gasteiger charge is 2.12. The van der Waals surface area contributed by atoms with E-state index in [0.717, 1.165) is 37.3 Å². The van der Waals surface area contributed by atoms with Crippen molar-refractivity contribution >= 4 is 23.7 Å². The zero-order valence-electron chi connectivity index (χ0n) is 12.2. The number of hydrazine groups is 1. The SMILES string of the molecule is N#Cc1ccc(NC=NCC(=O)O)c(NN2CCCCC2)c1. The van der Waals surface area contributed by atoms with Gasteiger partial charge in [-0.3, -0.25) is 9.79 Å². The molecule has 0 aliphatic carbocycles. The van der Waals surface area contributed by atoms with Crippen molar-refractivity contribution in [3.05, 3.63) is 23.8 Å². The summed E-state index contributed by atoms with van der Waals surface area (Å²) in [5, 5.41) is 22.7. The van der Waals surface area contributed by atoms with Crippen molar-refractivity contribution in [3.8, 4) is 6.07 Å². The van der Waals surface area contributed by atoms with Crippen molar-refractivity contribution in [1.82, 2.24) is 5.01 Å². The fraction of sp³-hybridized carbons (Fsp3) is 0.400. The van der Waals surface area contributed by atoms with Gasteiger partial charge in [-0.2, -0.15) is 5.26 Å². The lowest BCUT2D eigenvalue weighted by molar-refractivity contribution is -0.135. The predicted molar refractivity (Wildman–Crippen MR) is 84.8 cm³/mol. The van der Waals surface area contributed by atoms with Gasteiger partial charge in [0.1, 0.15) is 6.54 Å². The number of rotatable bonds is 6. The van der Waals surface area contributed by atoms with Crippen LogP contribution in [-0.2, 0) is 4.79 Å². The van der Waals surface area contributed by atoms with Gasteiger partial charge in [0.2, 0.25) is 0 Å². The van der Waals surface area contributed by atoms with E-state index in [1.54, 1.807) is 18.2 Å². The zero-order valence-corrected chi connectivity index (χ0v) is 12.2. The lowest BCUT2D eigenvalue weighted by atomic mass is 10.1. The van der Waals surface area contributed by atoms with Crippen LogP contribution in [-0.4, -0.2) is 42.1 Å². The summed E-state index contributed by atoms with van der Waals surface area (Å²) in [6, 6.07) is 7.36. The zero-order chi connectivity index (χ0) is 15.8. The Bertz CT molecular complexity index is 588. The van der Waals surface area contributed by atoms with Gasteiger partial charge >= 0.3 is 5.97 Å². The predicted octanol–water partition coefficient (Wildman–Crippen LogP) is 1.90. The Morgan fingerprint density at radius 3 is 2.82 bits per heavy atom. The molecule has 7 nitrogen and oxygen atoms in total. The number of carbonyl (C=O) groups is 1. The summed E-state index contributed by atoms with van der Waals surface area (Å²) in [5.74, 6) is -0.982. The first kappa shape index (κ1) is 15.8. The van der Waals surface area contributed by atoms with Gasteiger partial charge in [-0.15, -0.1) is 0 Å². The number of aliphatic imine (C=N–C) groups is 1. The standard InChI is InChI=1S/C15H19N5O2/c16-9-12-4-5-13(18-11-17-10-15(21)22)14(8-12)19-20-6-2-1-3-7-20/h4-5,8,11,19H,1-3,6-7,10H2,(H,17,18)(H,21,22). The van der Waals surface area contributed by atoms with Gasteiger partial charge in [0.15, 0.2) is 0 Å². The van der Waals surface area contributed by atoms with Crippen molar-refractivity contribution in [2.45, 2.75) is 19.3 Å². The molecule has 0 atom stereocenters. The highest BCUT2D eigenvalue weighted by Crippen LogP contribution is 2.24. The van der Waals surface area contributed by atoms with E-state index in [1.807, 2.05) is 0 Å². The molecule has 0 saturated carbocycles. The number of nitriles is 1. The Kier molecular flexibility index (Phi) is 5.74. The minimum absolute atomic E-state index is 0.280. The molecule has 1 heterocycles. The number of benzene rings is 1. The molecule has 1 fully saturated rings. The maximum absolute atomic E-state index is 10.4. The minimum Gasteiger partial charge on any atom is -0.480 e. The molecule has 1 aliphatic heterocycles. The molecular formula is C15H19N5O2. The van der Waals surface area contributed by atoms with Crippen LogP contribution in [0.4, 0.5) is 11.4 Å². The quantitative estimate of drug-likeness (QED) is 0.548. The highest BCUT2D eigenvalue weighted by atomic mass is 16.4. The van der Waals surface area contributed by atoms with E-state index in [9.17, 15) is 4.79 Å². The molecule has 116 valence electrons. The monoisotopic (exact) mass is 301 g/mol. The molecule has 0 spiro atoms. The van der Waals surface area contributed by atoms with E-state index in [0.29, 0.717) is 5.56 Å². The average molecular weight is 301 g/mol. The fourth-order valence-corrected chi connectivity index (χ4v) is 2.25. The Morgan fingerprint density at radius 1 is 1.36 bits per heavy atom. The molecule has 0 radical (unpaired) electrons. The minimum atomic E-state index is -0.982. The number of aliphatic carboxylic acids is 1. The van der Waals surface area contributed by atoms with Gasteiger partial charge in [0.25, 0.3) is 0 Å². The number of carboxylic acids is 1. The summed E-state index contributed by atoms with van der Waals surface area (Å²) in [5.41, 5.74) is 5.41. The lowest BCUT2D eigenvalue weighted by Crippen LogP contribution is -2.35. The van der Waals surface area contributed by atoms with Crippen molar-refractivity contribution < 1.29 is 9.90 Å². The summed E-state index contributed by atoms with van der Waals surface area (Å²) >= 11 is 0. The first-order valence-corrected chi connectivity index (χ1v) is 7.21. The van der Waals surface area contributed by atoms with E-state index in [1.165, 1.54) is 12.8 Å². The van der Waals surface area contributed by atoms with Gasteiger partial charge in [-0.05, 0) is 31.0 Å². The second-order valence-corrected chi connectivity index (χ2v) is 5.04. The Labute approximate surface area is 129 Å². The largest absolute Gasteiger partial charge is 0.480 e. The van der Waals surface area contributed by atoms with Crippen molar-refractivity contribution in [3.63, 3.8) is 0 Å². The second-order valence-electron chi connectivity index (χ2n) is 5.04. The van der Waals surface area contributed by atoms with Gasteiger partial charge in [0, 0.05) is 13.1 Å². The molecule has 0 aromatic heterocycles. The Balaban J connectivity index is 2.08. The van der Waals surface area contributed by atoms with Crippen LogP contribution < -0.4 is 10.7 Å². The van der Waals surface area contributed by atoms with Crippen LogP contribution in [0.1, 0.15) is 24.8 Å². The first-order valence-electron chi connectivity index (χ1n) is 7.21. The van der Waals surface area contributed by atoms with Crippen LogP contribution in [0, 0.1) is 11.3 Å². The third-order valence-corrected chi connectivity index (χ3v) is 3.32. The van der Waals surface area contributed by atoms with Crippen LogP contribution >= 0.6 is 0 Å². The first-order chi connectivity index (χ1) is 10.7. The maximum atomic E-state index is 10.4. The van der Waals surface area contributed by atoms with Gasteiger partial charge in [-0.25, -0.2) is 5.01 Å².